The average molecular weight is 441 g/mol. The summed E-state index contributed by atoms with van der Waals surface area (Å²) in [6.45, 7) is 2.55. The van der Waals surface area contributed by atoms with Crippen molar-refractivity contribution in [3.8, 4) is 10.4 Å². The molecule has 2 aromatic heterocycles. The van der Waals surface area contributed by atoms with Crippen LogP contribution in [0.4, 0.5) is 0 Å². The first-order valence-electron chi connectivity index (χ1n) is 10.8. The average Bonchev–Trinajstić information content (AvgIpc) is 3.36. The van der Waals surface area contributed by atoms with Gasteiger partial charge in [-0.1, -0.05) is 30.2 Å². The molecule has 3 aromatic rings. The highest BCUT2D eigenvalue weighted by atomic mass is 35.5. The van der Waals surface area contributed by atoms with Crippen molar-refractivity contribution < 1.29 is 4.79 Å². The minimum atomic E-state index is 0.125. The number of benzene rings is 1. The molecule has 0 N–H and O–H groups in total. The van der Waals surface area contributed by atoms with Crippen molar-refractivity contribution in [2.45, 2.75) is 51.0 Å². The molecular weight excluding hydrogens is 416 g/mol. The fraction of sp³-hybridized carbons (Fsp3) is 0.435. The van der Waals surface area contributed by atoms with Gasteiger partial charge in [-0.2, -0.15) is 0 Å². The Labute approximate surface area is 185 Å². The van der Waals surface area contributed by atoms with E-state index in [0.29, 0.717) is 0 Å². The van der Waals surface area contributed by atoms with E-state index in [-0.39, 0.29) is 11.8 Å². The van der Waals surface area contributed by atoms with E-state index in [2.05, 4.69) is 14.8 Å². The summed E-state index contributed by atoms with van der Waals surface area (Å²) in [7, 11) is 0. The number of amides is 1. The van der Waals surface area contributed by atoms with Gasteiger partial charge in [-0.3, -0.25) is 4.79 Å². The number of thiophene rings is 1. The van der Waals surface area contributed by atoms with Crippen LogP contribution in [0.1, 0.15) is 59.3 Å². The topological polar surface area (TPSA) is 51.0 Å². The lowest BCUT2D eigenvalue weighted by atomic mass is 9.97. The third-order valence-corrected chi connectivity index (χ3v) is 7.53. The zero-order chi connectivity index (χ0) is 20.5. The number of aryl methyl sites for hydroxylation is 1. The second-order valence-electron chi connectivity index (χ2n) is 8.20. The van der Waals surface area contributed by atoms with Gasteiger partial charge in [0.25, 0.3) is 5.91 Å². The SMILES string of the molecule is O=C(c1ccc(-c2ccc(Cl)cc2)s1)N1CCC[C@H](c2nnc3n2CCCCC3)C1. The Hall–Kier alpha value is -2.18. The Balaban J connectivity index is 1.32. The number of fused-ring (bicyclic) bond motifs is 1. The van der Waals surface area contributed by atoms with Crippen LogP contribution in [0.3, 0.4) is 0 Å². The zero-order valence-electron chi connectivity index (χ0n) is 16.9. The smallest absolute Gasteiger partial charge is 0.263 e. The van der Waals surface area contributed by atoms with Crippen molar-refractivity contribution in [1.82, 2.24) is 19.7 Å². The molecule has 0 bridgehead atoms. The number of carbonyl (C=O) groups is 1. The summed E-state index contributed by atoms with van der Waals surface area (Å²) < 4.78 is 2.33. The molecule has 2 aliphatic heterocycles. The number of carbonyl (C=O) groups excluding carboxylic acids is 1. The lowest BCUT2D eigenvalue weighted by Crippen LogP contribution is -2.39. The number of piperidine rings is 1. The lowest BCUT2D eigenvalue weighted by molar-refractivity contribution is 0.0708. The summed E-state index contributed by atoms with van der Waals surface area (Å²) in [4.78, 5) is 17.1. The maximum absolute atomic E-state index is 13.2. The summed E-state index contributed by atoms with van der Waals surface area (Å²) in [5.74, 6) is 2.60. The van der Waals surface area contributed by atoms with Gasteiger partial charge in [0.05, 0.1) is 4.88 Å². The fourth-order valence-electron chi connectivity index (χ4n) is 4.56. The van der Waals surface area contributed by atoms with Crippen LogP contribution >= 0.6 is 22.9 Å². The standard InChI is InChI=1S/C23H25ClN4OS/c24-18-9-7-16(8-10-18)19-11-12-20(30-19)23(29)27-13-4-5-17(15-27)22-26-25-21-6-2-1-3-14-28(21)22/h7-12,17H,1-6,13-15H2/t17-/m0/s1. The molecule has 0 saturated carbocycles. The van der Waals surface area contributed by atoms with E-state index in [1.165, 1.54) is 19.3 Å². The van der Waals surface area contributed by atoms with Crippen LogP contribution in [0.15, 0.2) is 36.4 Å². The third-order valence-electron chi connectivity index (χ3n) is 6.16. The Morgan fingerprint density at radius 2 is 1.87 bits per heavy atom. The van der Waals surface area contributed by atoms with E-state index < -0.39 is 0 Å². The molecule has 4 heterocycles. The quantitative estimate of drug-likeness (QED) is 0.547. The molecule has 5 rings (SSSR count). The van der Waals surface area contributed by atoms with Crippen LogP contribution in [0.2, 0.25) is 5.02 Å². The highest BCUT2D eigenvalue weighted by Gasteiger charge is 2.30. The predicted octanol–water partition coefficient (Wildman–Crippen LogP) is 5.41. The lowest BCUT2D eigenvalue weighted by Gasteiger charge is -2.32. The number of halogens is 1. The van der Waals surface area contributed by atoms with E-state index in [1.54, 1.807) is 11.3 Å². The van der Waals surface area contributed by atoms with Crippen LogP contribution in [0.25, 0.3) is 10.4 Å². The van der Waals surface area contributed by atoms with Crippen LogP contribution in [0.5, 0.6) is 0 Å². The van der Waals surface area contributed by atoms with E-state index in [1.807, 2.05) is 41.3 Å². The summed E-state index contributed by atoms with van der Waals surface area (Å²) >= 11 is 7.55. The molecule has 0 unspecified atom stereocenters. The molecule has 0 spiro atoms. The Morgan fingerprint density at radius 1 is 1.00 bits per heavy atom. The van der Waals surface area contributed by atoms with Gasteiger partial charge in [0.15, 0.2) is 0 Å². The predicted molar refractivity (Wildman–Crippen MR) is 120 cm³/mol. The Kier molecular flexibility index (Phi) is 5.61. The second-order valence-corrected chi connectivity index (χ2v) is 9.72. The third kappa shape index (κ3) is 3.91. The first-order valence-corrected chi connectivity index (χ1v) is 12.0. The van der Waals surface area contributed by atoms with Gasteiger partial charge in [0.2, 0.25) is 0 Å². The van der Waals surface area contributed by atoms with Crippen molar-refractivity contribution in [1.29, 1.82) is 0 Å². The molecule has 1 amide bonds. The summed E-state index contributed by atoms with van der Waals surface area (Å²) in [6, 6.07) is 11.7. The van der Waals surface area contributed by atoms with Gasteiger partial charge in [-0.15, -0.1) is 21.5 Å². The highest BCUT2D eigenvalue weighted by molar-refractivity contribution is 7.17. The molecule has 0 aliphatic carbocycles. The molecule has 156 valence electrons. The molecule has 1 atom stereocenters. The van der Waals surface area contributed by atoms with Crippen LogP contribution in [0, 0.1) is 0 Å². The van der Waals surface area contributed by atoms with Gasteiger partial charge < -0.3 is 9.47 Å². The summed E-state index contributed by atoms with van der Waals surface area (Å²) in [5.41, 5.74) is 1.09. The van der Waals surface area contributed by atoms with E-state index >= 15 is 0 Å². The minimum Gasteiger partial charge on any atom is -0.337 e. The zero-order valence-corrected chi connectivity index (χ0v) is 18.5. The summed E-state index contributed by atoms with van der Waals surface area (Å²) in [5, 5.41) is 9.73. The molecule has 2 aliphatic rings. The first-order chi connectivity index (χ1) is 14.7. The molecule has 7 heteroatoms. The number of likely N-dealkylation sites (tertiary alicyclic amines) is 1. The fourth-order valence-corrected chi connectivity index (χ4v) is 5.67. The maximum Gasteiger partial charge on any atom is 0.263 e. The van der Waals surface area contributed by atoms with Gasteiger partial charge in [-0.05, 0) is 55.5 Å². The van der Waals surface area contributed by atoms with Crippen LogP contribution in [-0.4, -0.2) is 38.7 Å². The monoisotopic (exact) mass is 440 g/mol. The van der Waals surface area contributed by atoms with Crippen molar-refractivity contribution in [2.24, 2.45) is 0 Å². The molecular formula is C23H25ClN4OS. The van der Waals surface area contributed by atoms with Gasteiger partial charge >= 0.3 is 0 Å². The Morgan fingerprint density at radius 3 is 2.73 bits per heavy atom. The van der Waals surface area contributed by atoms with Crippen LogP contribution < -0.4 is 0 Å². The largest absolute Gasteiger partial charge is 0.337 e. The highest BCUT2D eigenvalue weighted by Crippen LogP contribution is 2.32. The van der Waals surface area contributed by atoms with Gasteiger partial charge in [-0.25, -0.2) is 0 Å². The number of aromatic nitrogens is 3. The summed E-state index contributed by atoms with van der Waals surface area (Å²) in [6.07, 6.45) is 6.74. The second kappa shape index (κ2) is 8.52. The first kappa shape index (κ1) is 19.8. The number of rotatable bonds is 3. The normalized spacial score (nSPS) is 19.4. The number of hydrogen-bond donors (Lipinski definition) is 0. The van der Waals surface area contributed by atoms with Crippen LogP contribution in [-0.2, 0) is 13.0 Å². The molecule has 5 nitrogen and oxygen atoms in total. The van der Waals surface area contributed by atoms with E-state index in [4.69, 9.17) is 11.6 Å². The van der Waals surface area contributed by atoms with Crippen molar-refractivity contribution in [3.63, 3.8) is 0 Å². The van der Waals surface area contributed by atoms with Gasteiger partial charge in [0.1, 0.15) is 11.6 Å². The molecule has 1 fully saturated rings. The van der Waals surface area contributed by atoms with Crippen molar-refractivity contribution >= 4 is 28.8 Å². The molecule has 30 heavy (non-hydrogen) atoms. The molecule has 1 aromatic carbocycles. The van der Waals surface area contributed by atoms with E-state index in [9.17, 15) is 4.79 Å². The Bertz CT molecular complexity index is 1040. The van der Waals surface area contributed by atoms with E-state index in [0.717, 1.165) is 70.9 Å². The maximum atomic E-state index is 13.2. The molecule has 1 saturated heterocycles. The molecule has 0 radical (unpaired) electrons. The minimum absolute atomic E-state index is 0.125. The number of hydrogen-bond acceptors (Lipinski definition) is 4. The number of nitrogens with zero attached hydrogens (tertiary/aromatic N) is 4. The van der Waals surface area contributed by atoms with Gasteiger partial charge in [0, 0.05) is 41.9 Å². The van der Waals surface area contributed by atoms with Crippen molar-refractivity contribution in [2.75, 3.05) is 13.1 Å². The van der Waals surface area contributed by atoms with Crippen molar-refractivity contribution in [3.05, 3.63) is 57.9 Å².